The predicted molar refractivity (Wildman–Crippen MR) is 88.2 cm³/mol. The van der Waals surface area contributed by atoms with Gasteiger partial charge in [-0.3, -0.25) is 4.79 Å². The normalized spacial score (nSPS) is 10.9. The van der Waals surface area contributed by atoms with Crippen LogP contribution in [-0.4, -0.2) is 14.1 Å². The third-order valence-electron chi connectivity index (χ3n) is 3.62. The van der Waals surface area contributed by atoms with Crippen molar-refractivity contribution in [3.8, 4) is 11.3 Å². The summed E-state index contributed by atoms with van der Waals surface area (Å²) in [6, 6.07) is 12.0. The molecular weight excluding hydrogens is 298 g/mol. The Morgan fingerprint density at radius 2 is 1.95 bits per heavy atom. The number of hydrogen-bond acceptors (Lipinski definition) is 2. The van der Waals surface area contributed by atoms with Crippen LogP contribution in [0, 0.1) is 6.92 Å². The maximum absolute atomic E-state index is 11.9. The highest BCUT2D eigenvalue weighted by molar-refractivity contribution is 6.31. The molecule has 22 heavy (non-hydrogen) atoms. The van der Waals surface area contributed by atoms with Gasteiger partial charge in [-0.05, 0) is 18.6 Å². The van der Waals surface area contributed by atoms with Crippen LogP contribution >= 0.6 is 11.6 Å². The Bertz CT molecular complexity index is 839. The van der Waals surface area contributed by atoms with Crippen molar-refractivity contribution in [3.63, 3.8) is 0 Å². The fourth-order valence-electron chi connectivity index (χ4n) is 2.55. The number of imidazole rings is 1. The SMILES string of the molecule is Cc1cc(-c2c(Cl)ncn2Cc2ccccc2)cn(C)c1=O. The van der Waals surface area contributed by atoms with Crippen LogP contribution in [-0.2, 0) is 13.6 Å². The summed E-state index contributed by atoms with van der Waals surface area (Å²) >= 11 is 6.27. The number of rotatable bonds is 3. The Morgan fingerprint density at radius 3 is 2.64 bits per heavy atom. The zero-order valence-corrected chi connectivity index (χ0v) is 13.2. The van der Waals surface area contributed by atoms with Gasteiger partial charge in [0.25, 0.3) is 5.56 Å². The Labute approximate surface area is 133 Å². The predicted octanol–water partition coefficient (Wildman–Crippen LogP) is 3.26. The highest BCUT2D eigenvalue weighted by Crippen LogP contribution is 2.27. The molecule has 0 spiro atoms. The first-order valence-corrected chi connectivity index (χ1v) is 7.36. The standard InChI is InChI=1S/C17H16ClN3O/c1-12-8-14(10-20(2)17(12)22)15-16(18)19-11-21(15)9-13-6-4-3-5-7-13/h3-8,10-11H,9H2,1-2H3. The molecular formula is C17H16ClN3O. The van der Waals surface area contributed by atoms with Crippen molar-refractivity contribution in [2.24, 2.45) is 7.05 Å². The summed E-state index contributed by atoms with van der Waals surface area (Å²) in [7, 11) is 1.74. The van der Waals surface area contributed by atoms with Gasteiger partial charge in [-0.1, -0.05) is 41.9 Å². The van der Waals surface area contributed by atoms with Crippen molar-refractivity contribution in [1.29, 1.82) is 0 Å². The van der Waals surface area contributed by atoms with Gasteiger partial charge >= 0.3 is 0 Å². The van der Waals surface area contributed by atoms with Gasteiger partial charge in [-0.15, -0.1) is 0 Å². The van der Waals surface area contributed by atoms with Gasteiger partial charge in [0.15, 0.2) is 5.15 Å². The number of hydrogen-bond donors (Lipinski definition) is 0. The molecule has 0 aliphatic rings. The van der Waals surface area contributed by atoms with Crippen LogP contribution in [0.3, 0.4) is 0 Å². The van der Waals surface area contributed by atoms with E-state index in [4.69, 9.17) is 11.6 Å². The molecule has 0 saturated heterocycles. The molecule has 2 heterocycles. The summed E-state index contributed by atoms with van der Waals surface area (Å²) in [6.07, 6.45) is 3.52. The molecule has 3 rings (SSSR count). The van der Waals surface area contributed by atoms with E-state index in [1.807, 2.05) is 28.8 Å². The molecule has 0 bridgehead atoms. The summed E-state index contributed by atoms with van der Waals surface area (Å²) in [4.78, 5) is 16.1. The van der Waals surface area contributed by atoms with E-state index in [0.29, 0.717) is 17.3 Å². The Hall–Kier alpha value is -2.33. The largest absolute Gasteiger partial charge is 0.325 e. The highest BCUT2D eigenvalue weighted by Gasteiger charge is 2.13. The lowest BCUT2D eigenvalue weighted by atomic mass is 10.1. The van der Waals surface area contributed by atoms with Crippen LogP contribution in [0.4, 0.5) is 0 Å². The van der Waals surface area contributed by atoms with Crippen molar-refractivity contribution in [2.45, 2.75) is 13.5 Å². The summed E-state index contributed by atoms with van der Waals surface area (Å²) < 4.78 is 3.57. The third kappa shape index (κ3) is 2.70. The van der Waals surface area contributed by atoms with E-state index < -0.39 is 0 Å². The second kappa shape index (κ2) is 5.81. The minimum Gasteiger partial charge on any atom is -0.325 e. The van der Waals surface area contributed by atoms with E-state index >= 15 is 0 Å². The lowest BCUT2D eigenvalue weighted by Gasteiger charge is -2.11. The molecule has 5 heteroatoms. The molecule has 2 aromatic heterocycles. The van der Waals surface area contributed by atoms with Gasteiger partial charge in [0.05, 0.1) is 12.0 Å². The number of halogens is 1. The van der Waals surface area contributed by atoms with Crippen LogP contribution in [0.25, 0.3) is 11.3 Å². The molecule has 4 nitrogen and oxygen atoms in total. The van der Waals surface area contributed by atoms with Gasteiger partial charge in [0.2, 0.25) is 0 Å². The zero-order chi connectivity index (χ0) is 15.7. The van der Waals surface area contributed by atoms with Crippen LogP contribution in [0.1, 0.15) is 11.1 Å². The minimum absolute atomic E-state index is 0.00556. The maximum Gasteiger partial charge on any atom is 0.253 e. The van der Waals surface area contributed by atoms with E-state index in [9.17, 15) is 4.79 Å². The summed E-state index contributed by atoms with van der Waals surface area (Å²) in [5, 5.41) is 0.439. The van der Waals surface area contributed by atoms with Crippen molar-refractivity contribution in [2.75, 3.05) is 0 Å². The van der Waals surface area contributed by atoms with Crippen LogP contribution in [0.5, 0.6) is 0 Å². The first kappa shape index (κ1) is 14.6. The molecule has 0 radical (unpaired) electrons. The Balaban J connectivity index is 2.08. The van der Waals surface area contributed by atoms with Gasteiger partial charge in [-0.25, -0.2) is 4.98 Å². The molecule has 1 aromatic carbocycles. The summed E-state index contributed by atoms with van der Waals surface area (Å²) in [5.74, 6) is 0. The number of aromatic nitrogens is 3. The van der Waals surface area contributed by atoms with Crippen molar-refractivity contribution in [3.05, 3.63) is 75.6 Å². The van der Waals surface area contributed by atoms with Crippen LogP contribution in [0.2, 0.25) is 5.15 Å². The molecule has 0 atom stereocenters. The molecule has 3 aromatic rings. The number of pyridine rings is 1. The summed E-state index contributed by atoms with van der Waals surface area (Å²) in [5.41, 5.74) is 3.55. The van der Waals surface area contributed by atoms with Crippen LogP contribution < -0.4 is 5.56 Å². The molecule has 0 fully saturated rings. The molecule has 112 valence electrons. The monoisotopic (exact) mass is 313 g/mol. The number of nitrogens with zero attached hydrogens (tertiary/aromatic N) is 3. The third-order valence-corrected chi connectivity index (χ3v) is 3.90. The second-order valence-corrected chi connectivity index (χ2v) is 5.68. The molecule has 0 aliphatic heterocycles. The van der Waals surface area contributed by atoms with E-state index in [-0.39, 0.29) is 5.56 Å². The van der Waals surface area contributed by atoms with Crippen molar-refractivity contribution < 1.29 is 0 Å². The lowest BCUT2D eigenvalue weighted by Crippen LogP contribution is -2.18. The van der Waals surface area contributed by atoms with E-state index in [2.05, 4.69) is 17.1 Å². The Kier molecular flexibility index (Phi) is 3.86. The second-order valence-electron chi connectivity index (χ2n) is 5.33. The highest BCUT2D eigenvalue weighted by atomic mass is 35.5. The van der Waals surface area contributed by atoms with E-state index in [1.165, 1.54) is 5.56 Å². The number of aryl methyl sites for hydroxylation is 2. The summed E-state index contributed by atoms with van der Waals surface area (Å²) in [6.45, 7) is 2.48. The zero-order valence-electron chi connectivity index (χ0n) is 12.5. The average molecular weight is 314 g/mol. The number of benzene rings is 1. The van der Waals surface area contributed by atoms with Gasteiger partial charge in [0, 0.05) is 30.9 Å². The van der Waals surface area contributed by atoms with Gasteiger partial charge in [-0.2, -0.15) is 0 Å². The van der Waals surface area contributed by atoms with Crippen molar-refractivity contribution >= 4 is 11.6 Å². The molecule has 0 unspecified atom stereocenters. The van der Waals surface area contributed by atoms with Crippen LogP contribution in [0.15, 0.2) is 53.7 Å². The Morgan fingerprint density at radius 1 is 1.23 bits per heavy atom. The minimum atomic E-state index is -0.00556. The fourth-order valence-corrected chi connectivity index (χ4v) is 2.81. The molecule has 0 aliphatic carbocycles. The average Bonchev–Trinajstić information content (AvgIpc) is 2.86. The first-order valence-electron chi connectivity index (χ1n) is 6.98. The topological polar surface area (TPSA) is 39.8 Å². The smallest absolute Gasteiger partial charge is 0.253 e. The maximum atomic E-state index is 11.9. The molecule has 0 amide bonds. The first-order chi connectivity index (χ1) is 10.6. The van der Waals surface area contributed by atoms with Gasteiger partial charge < -0.3 is 9.13 Å². The lowest BCUT2D eigenvalue weighted by molar-refractivity contribution is 0.798. The van der Waals surface area contributed by atoms with Crippen molar-refractivity contribution in [1.82, 2.24) is 14.1 Å². The molecule has 0 N–H and O–H groups in total. The molecule has 0 saturated carbocycles. The van der Waals surface area contributed by atoms with E-state index in [0.717, 1.165) is 11.3 Å². The quantitative estimate of drug-likeness (QED) is 0.744. The fraction of sp³-hybridized carbons (Fsp3) is 0.176. The van der Waals surface area contributed by atoms with Gasteiger partial charge in [0.1, 0.15) is 0 Å². The van der Waals surface area contributed by atoms with E-state index in [1.54, 1.807) is 31.1 Å².